The fraction of sp³-hybridized carbons (Fsp3) is 0.333. The third-order valence-electron chi connectivity index (χ3n) is 4.87. The van der Waals surface area contributed by atoms with Crippen molar-refractivity contribution in [2.24, 2.45) is 0 Å². The lowest BCUT2D eigenvalue weighted by atomic mass is 10.1. The molecule has 2 aromatic heterocycles. The van der Waals surface area contributed by atoms with Gasteiger partial charge in [-0.1, -0.05) is 17.7 Å². The van der Waals surface area contributed by atoms with E-state index in [1.165, 1.54) is 0 Å². The van der Waals surface area contributed by atoms with Gasteiger partial charge in [-0.2, -0.15) is 5.10 Å². The molecule has 0 saturated carbocycles. The lowest BCUT2D eigenvalue weighted by molar-refractivity contribution is 0.0954. The van der Waals surface area contributed by atoms with E-state index in [0.717, 1.165) is 28.1 Å². The Morgan fingerprint density at radius 3 is 2.43 bits per heavy atom. The Kier molecular flexibility index (Phi) is 5.73. The highest BCUT2D eigenvalue weighted by Gasteiger charge is 2.11. The largest absolute Gasteiger partial charge is 0.367 e. The first-order chi connectivity index (χ1) is 13.4. The number of hydrogen-bond acceptors (Lipinski definition) is 5. The van der Waals surface area contributed by atoms with Crippen LogP contribution in [0.1, 0.15) is 38.4 Å². The van der Waals surface area contributed by atoms with Crippen molar-refractivity contribution >= 4 is 11.7 Å². The van der Waals surface area contributed by atoms with Gasteiger partial charge in [0.15, 0.2) is 5.82 Å². The minimum Gasteiger partial charge on any atom is -0.367 e. The summed E-state index contributed by atoms with van der Waals surface area (Å²) in [6.07, 6.45) is 0. The molecule has 0 radical (unpaired) electrons. The van der Waals surface area contributed by atoms with Crippen molar-refractivity contribution in [3.8, 4) is 5.82 Å². The Balaban J connectivity index is 1.53. The Hall–Kier alpha value is -3.22. The zero-order valence-corrected chi connectivity index (χ0v) is 17.0. The van der Waals surface area contributed by atoms with Gasteiger partial charge in [0.2, 0.25) is 0 Å². The lowest BCUT2D eigenvalue weighted by Crippen LogP contribution is -2.29. The summed E-state index contributed by atoms with van der Waals surface area (Å²) in [6.45, 7) is 11.0. The molecular formula is C21H26N6O. The van der Waals surface area contributed by atoms with Crippen molar-refractivity contribution in [2.75, 3.05) is 18.4 Å². The second kappa shape index (κ2) is 8.21. The number of aromatic nitrogens is 4. The smallest absolute Gasteiger partial charge is 0.251 e. The Bertz CT molecular complexity index is 991. The summed E-state index contributed by atoms with van der Waals surface area (Å²) in [6, 6.07) is 9.61. The van der Waals surface area contributed by atoms with Crippen molar-refractivity contribution in [3.63, 3.8) is 0 Å². The first-order valence-corrected chi connectivity index (χ1v) is 9.33. The second-order valence-corrected chi connectivity index (χ2v) is 6.99. The van der Waals surface area contributed by atoms with E-state index >= 15 is 0 Å². The SMILES string of the molecule is Cc1ccc(C)c(C(=O)NCCNc2ccc(-n3nc(C)c(C)c3C)nn2)c1. The van der Waals surface area contributed by atoms with Gasteiger partial charge in [0.25, 0.3) is 5.91 Å². The Morgan fingerprint density at radius 2 is 1.79 bits per heavy atom. The van der Waals surface area contributed by atoms with Gasteiger partial charge in [-0.05, 0) is 63.9 Å². The molecule has 0 aliphatic rings. The standard InChI is InChI=1S/C21H26N6O/c1-13-6-7-14(2)18(12-13)21(28)23-11-10-22-19-8-9-20(25-24-19)27-17(5)15(3)16(4)26-27/h6-9,12H,10-11H2,1-5H3,(H,22,24)(H,23,28). The molecule has 0 aliphatic carbocycles. The number of anilines is 1. The number of carbonyl (C=O) groups is 1. The van der Waals surface area contributed by atoms with Crippen LogP contribution < -0.4 is 10.6 Å². The number of amides is 1. The molecule has 2 N–H and O–H groups in total. The first kappa shape index (κ1) is 19.5. The number of benzene rings is 1. The maximum Gasteiger partial charge on any atom is 0.251 e. The summed E-state index contributed by atoms with van der Waals surface area (Å²) in [5.41, 5.74) is 5.95. The minimum atomic E-state index is -0.0654. The molecule has 0 atom stereocenters. The normalized spacial score (nSPS) is 10.8. The monoisotopic (exact) mass is 378 g/mol. The number of hydrogen-bond donors (Lipinski definition) is 2. The molecule has 28 heavy (non-hydrogen) atoms. The molecule has 7 heteroatoms. The zero-order valence-electron chi connectivity index (χ0n) is 17.0. The predicted molar refractivity (Wildman–Crippen MR) is 110 cm³/mol. The minimum absolute atomic E-state index is 0.0654. The van der Waals surface area contributed by atoms with Crippen LogP contribution in [0.5, 0.6) is 0 Å². The number of carbonyl (C=O) groups excluding carboxylic acids is 1. The summed E-state index contributed by atoms with van der Waals surface area (Å²) in [4.78, 5) is 12.3. The highest BCUT2D eigenvalue weighted by Crippen LogP contribution is 2.15. The molecule has 0 saturated heterocycles. The van der Waals surface area contributed by atoms with Crippen LogP contribution in [0.2, 0.25) is 0 Å². The fourth-order valence-electron chi connectivity index (χ4n) is 2.92. The summed E-state index contributed by atoms with van der Waals surface area (Å²) >= 11 is 0. The lowest BCUT2D eigenvalue weighted by Gasteiger charge is -2.10. The van der Waals surface area contributed by atoms with E-state index in [0.29, 0.717) is 30.3 Å². The Morgan fingerprint density at radius 1 is 1.00 bits per heavy atom. The van der Waals surface area contributed by atoms with Crippen molar-refractivity contribution < 1.29 is 4.79 Å². The van der Waals surface area contributed by atoms with Crippen LogP contribution in [0.15, 0.2) is 30.3 Å². The van der Waals surface area contributed by atoms with Crippen molar-refractivity contribution in [1.82, 2.24) is 25.3 Å². The molecule has 2 heterocycles. The summed E-state index contributed by atoms with van der Waals surface area (Å²) in [5.74, 6) is 1.27. The second-order valence-electron chi connectivity index (χ2n) is 6.99. The van der Waals surface area contributed by atoms with Gasteiger partial charge in [0.1, 0.15) is 5.82 Å². The van der Waals surface area contributed by atoms with Gasteiger partial charge >= 0.3 is 0 Å². The molecule has 3 rings (SSSR count). The number of aryl methyl sites for hydroxylation is 3. The van der Waals surface area contributed by atoms with Gasteiger partial charge in [0, 0.05) is 24.3 Å². The number of nitrogens with zero attached hydrogens (tertiary/aromatic N) is 4. The fourth-order valence-corrected chi connectivity index (χ4v) is 2.92. The number of nitrogens with one attached hydrogen (secondary N) is 2. The van der Waals surface area contributed by atoms with E-state index in [2.05, 4.69) is 25.9 Å². The van der Waals surface area contributed by atoms with Gasteiger partial charge < -0.3 is 10.6 Å². The molecule has 0 bridgehead atoms. The summed E-state index contributed by atoms with van der Waals surface area (Å²) in [5, 5.41) is 19.0. The molecular weight excluding hydrogens is 352 g/mol. The van der Waals surface area contributed by atoms with Gasteiger partial charge in [-0.25, -0.2) is 4.68 Å². The molecule has 1 aromatic carbocycles. The van der Waals surface area contributed by atoms with Crippen molar-refractivity contribution in [3.05, 3.63) is 64.0 Å². The van der Waals surface area contributed by atoms with Crippen LogP contribution in [0.4, 0.5) is 5.82 Å². The van der Waals surface area contributed by atoms with Crippen LogP contribution in [-0.2, 0) is 0 Å². The highest BCUT2D eigenvalue weighted by molar-refractivity contribution is 5.95. The van der Waals surface area contributed by atoms with Crippen LogP contribution in [0.25, 0.3) is 5.82 Å². The molecule has 1 amide bonds. The first-order valence-electron chi connectivity index (χ1n) is 9.33. The van der Waals surface area contributed by atoms with E-state index in [1.54, 1.807) is 4.68 Å². The molecule has 7 nitrogen and oxygen atoms in total. The number of rotatable bonds is 6. The van der Waals surface area contributed by atoms with Gasteiger partial charge in [-0.3, -0.25) is 4.79 Å². The van der Waals surface area contributed by atoms with Crippen molar-refractivity contribution in [1.29, 1.82) is 0 Å². The van der Waals surface area contributed by atoms with E-state index in [1.807, 2.05) is 65.0 Å². The van der Waals surface area contributed by atoms with Gasteiger partial charge in [0.05, 0.1) is 5.69 Å². The maximum atomic E-state index is 12.3. The predicted octanol–water partition coefficient (Wildman–Crippen LogP) is 3.05. The van der Waals surface area contributed by atoms with E-state index in [-0.39, 0.29) is 5.91 Å². The van der Waals surface area contributed by atoms with Crippen LogP contribution in [-0.4, -0.2) is 39.0 Å². The average molecular weight is 378 g/mol. The van der Waals surface area contributed by atoms with Crippen LogP contribution in [0, 0.1) is 34.6 Å². The highest BCUT2D eigenvalue weighted by atomic mass is 16.1. The van der Waals surface area contributed by atoms with Gasteiger partial charge in [-0.15, -0.1) is 10.2 Å². The third-order valence-corrected chi connectivity index (χ3v) is 4.87. The zero-order chi connectivity index (χ0) is 20.3. The van der Waals surface area contributed by atoms with Crippen LogP contribution in [0.3, 0.4) is 0 Å². The van der Waals surface area contributed by atoms with Crippen LogP contribution >= 0.6 is 0 Å². The molecule has 3 aromatic rings. The topological polar surface area (TPSA) is 84.7 Å². The van der Waals surface area contributed by atoms with E-state index in [4.69, 9.17) is 0 Å². The summed E-state index contributed by atoms with van der Waals surface area (Å²) < 4.78 is 1.80. The van der Waals surface area contributed by atoms with E-state index < -0.39 is 0 Å². The Labute approximate surface area is 165 Å². The molecule has 0 aliphatic heterocycles. The molecule has 146 valence electrons. The molecule has 0 unspecified atom stereocenters. The summed E-state index contributed by atoms with van der Waals surface area (Å²) in [7, 11) is 0. The van der Waals surface area contributed by atoms with Crippen molar-refractivity contribution in [2.45, 2.75) is 34.6 Å². The quantitative estimate of drug-likeness (QED) is 0.644. The average Bonchev–Trinajstić information content (AvgIpc) is 2.95. The van der Waals surface area contributed by atoms with E-state index in [9.17, 15) is 4.79 Å². The molecule has 0 spiro atoms. The maximum absolute atomic E-state index is 12.3. The molecule has 0 fully saturated rings. The third kappa shape index (κ3) is 4.19.